The second-order valence-electron chi connectivity index (χ2n) is 6.08. The second-order valence-corrected chi connectivity index (χ2v) is 7.02. The van der Waals surface area contributed by atoms with Crippen molar-refractivity contribution < 1.29 is 14.0 Å². The van der Waals surface area contributed by atoms with Crippen molar-refractivity contribution >= 4 is 23.5 Å². The SMILES string of the molecule is CCn1c(C)cc(C(=O)CSc2nnc(-c3ccco3)n2CC(N)=O)c1C. The molecule has 3 rings (SSSR count). The third-order valence-electron chi connectivity index (χ3n) is 4.29. The molecule has 142 valence electrons. The Morgan fingerprint density at radius 3 is 2.63 bits per heavy atom. The van der Waals surface area contributed by atoms with Gasteiger partial charge in [-0.3, -0.25) is 14.2 Å². The van der Waals surface area contributed by atoms with Gasteiger partial charge in [0.2, 0.25) is 11.7 Å². The molecule has 8 nitrogen and oxygen atoms in total. The Morgan fingerprint density at radius 1 is 1.26 bits per heavy atom. The van der Waals surface area contributed by atoms with Crippen LogP contribution in [0, 0.1) is 13.8 Å². The van der Waals surface area contributed by atoms with Crippen LogP contribution in [-0.4, -0.2) is 36.8 Å². The van der Waals surface area contributed by atoms with E-state index in [1.165, 1.54) is 18.0 Å². The Bertz CT molecular complexity index is 972. The van der Waals surface area contributed by atoms with Crippen molar-refractivity contribution in [2.24, 2.45) is 5.73 Å². The summed E-state index contributed by atoms with van der Waals surface area (Å²) in [6.07, 6.45) is 1.51. The molecule has 3 heterocycles. The molecule has 2 N–H and O–H groups in total. The minimum Gasteiger partial charge on any atom is -0.461 e. The summed E-state index contributed by atoms with van der Waals surface area (Å²) in [7, 11) is 0. The van der Waals surface area contributed by atoms with E-state index in [0.29, 0.717) is 22.3 Å². The summed E-state index contributed by atoms with van der Waals surface area (Å²) >= 11 is 1.22. The Balaban J connectivity index is 1.82. The maximum absolute atomic E-state index is 12.7. The first-order valence-corrected chi connectivity index (χ1v) is 9.49. The number of carbonyl (C=O) groups excluding carboxylic acids is 2. The Hall–Kier alpha value is -2.81. The number of thioether (sulfide) groups is 1. The van der Waals surface area contributed by atoms with Crippen LogP contribution in [0.15, 0.2) is 34.0 Å². The molecule has 0 aliphatic heterocycles. The molecule has 0 unspecified atom stereocenters. The monoisotopic (exact) mass is 387 g/mol. The highest BCUT2D eigenvalue weighted by molar-refractivity contribution is 7.99. The summed E-state index contributed by atoms with van der Waals surface area (Å²) in [5.41, 5.74) is 8.06. The minimum absolute atomic E-state index is 0.000901. The van der Waals surface area contributed by atoms with Gasteiger partial charge in [0, 0.05) is 23.5 Å². The van der Waals surface area contributed by atoms with E-state index in [-0.39, 0.29) is 18.1 Å². The number of nitrogens with two attached hydrogens (primary N) is 1. The van der Waals surface area contributed by atoms with Crippen molar-refractivity contribution in [1.29, 1.82) is 0 Å². The highest BCUT2D eigenvalue weighted by Crippen LogP contribution is 2.25. The second kappa shape index (κ2) is 7.83. The van der Waals surface area contributed by atoms with E-state index in [4.69, 9.17) is 10.2 Å². The number of carbonyl (C=O) groups is 2. The maximum atomic E-state index is 12.7. The Morgan fingerprint density at radius 2 is 2.04 bits per heavy atom. The fourth-order valence-electron chi connectivity index (χ4n) is 3.06. The number of furan rings is 1. The first-order chi connectivity index (χ1) is 12.9. The largest absolute Gasteiger partial charge is 0.461 e. The average Bonchev–Trinajstić information content (AvgIpc) is 3.32. The average molecular weight is 387 g/mol. The van der Waals surface area contributed by atoms with E-state index in [2.05, 4.69) is 14.8 Å². The molecule has 0 aromatic carbocycles. The van der Waals surface area contributed by atoms with Crippen molar-refractivity contribution in [1.82, 2.24) is 19.3 Å². The Kier molecular flexibility index (Phi) is 5.50. The van der Waals surface area contributed by atoms with Crippen LogP contribution in [0.1, 0.15) is 28.7 Å². The van der Waals surface area contributed by atoms with Gasteiger partial charge in [0.15, 0.2) is 16.7 Å². The van der Waals surface area contributed by atoms with Gasteiger partial charge in [-0.2, -0.15) is 0 Å². The number of primary amides is 1. The molecule has 0 saturated heterocycles. The quantitative estimate of drug-likeness (QED) is 0.470. The molecule has 3 aromatic rings. The van der Waals surface area contributed by atoms with Crippen LogP contribution in [0.3, 0.4) is 0 Å². The lowest BCUT2D eigenvalue weighted by Gasteiger charge is -2.07. The van der Waals surface area contributed by atoms with Crippen LogP contribution in [0.25, 0.3) is 11.6 Å². The number of Topliss-reactive ketones (excluding diaryl/α,β-unsaturated/α-hetero) is 1. The predicted molar refractivity (Wildman–Crippen MR) is 102 cm³/mol. The van der Waals surface area contributed by atoms with E-state index in [9.17, 15) is 9.59 Å². The molecule has 27 heavy (non-hydrogen) atoms. The highest BCUT2D eigenvalue weighted by Gasteiger charge is 2.20. The van der Waals surface area contributed by atoms with Gasteiger partial charge in [0.25, 0.3) is 0 Å². The molecular formula is C18H21N5O3S. The summed E-state index contributed by atoms with van der Waals surface area (Å²) < 4.78 is 9.00. The third kappa shape index (κ3) is 3.82. The van der Waals surface area contributed by atoms with E-state index in [1.54, 1.807) is 16.7 Å². The number of hydrogen-bond donors (Lipinski definition) is 1. The molecule has 9 heteroatoms. The van der Waals surface area contributed by atoms with Crippen LogP contribution >= 0.6 is 11.8 Å². The zero-order valence-electron chi connectivity index (χ0n) is 15.4. The topological polar surface area (TPSA) is 109 Å². The van der Waals surface area contributed by atoms with Gasteiger partial charge in [0.05, 0.1) is 12.0 Å². The third-order valence-corrected chi connectivity index (χ3v) is 5.26. The standard InChI is InChI=1S/C18H21N5O3S/c1-4-22-11(2)8-13(12(22)3)14(24)10-27-18-21-20-17(15-6-5-7-26-15)23(18)9-16(19)25/h5-8H,4,9-10H2,1-3H3,(H2,19,25). The molecule has 0 bridgehead atoms. The van der Waals surface area contributed by atoms with Gasteiger partial charge in [-0.15, -0.1) is 10.2 Å². The molecule has 0 aliphatic rings. The normalized spacial score (nSPS) is 11.1. The molecule has 0 aliphatic carbocycles. The van der Waals surface area contributed by atoms with Gasteiger partial charge in [-0.05, 0) is 39.0 Å². The van der Waals surface area contributed by atoms with Crippen molar-refractivity contribution in [2.45, 2.75) is 39.0 Å². The van der Waals surface area contributed by atoms with Gasteiger partial charge in [-0.1, -0.05) is 11.8 Å². The summed E-state index contributed by atoms with van der Waals surface area (Å²) in [5, 5.41) is 8.63. The summed E-state index contributed by atoms with van der Waals surface area (Å²) in [6, 6.07) is 5.35. The van der Waals surface area contributed by atoms with Crippen molar-refractivity contribution in [3.63, 3.8) is 0 Å². The van der Waals surface area contributed by atoms with Gasteiger partial charge in [0.1, 0.15) is 6.54 Å². The molecule has 0 saturated carbocycles. The number of aryl methyl sites for hydroxylation is 1. The molecule has 0 atom stereocenters. The molecule has 0 spiro atoms. The van der Waals surface area contributed by atoms with Gasteiger partial charge in [-0.25, -0.2) is 0 Å². The Labute approximate surface area is 160 Å². The smallest absolute Gasteiger partial charge is 0.237 e. The van der Waals surface area contributed by atoms with E-state index in [0.717, 1.165) is 17.9 Å². The minimum atomic E-state index is -0.526. The molecule has 0 fully saturated rings. The summed E-state index contributed by atoms with van der Waals surface area (Å²) in [6.45, 7) is 6.70. The van der Waals surface area contributed by atoms with Crippen molar-refractivity contribution in [2.75, 3.05) is 5.75 Å². The molecular weight excluding hydrogens is 366 g/mol. The van der Waals surface area contributed by atoms with Crippen LogP contribution in [-0.2, 0) is 17.9 Å². The number of amides is 1. The van der Waals surface area contributed by atoms with Gasteiger partial charge < -0.3 is 14.7 Å². The van der Waals surface area contributed by atoms with Crippen LogP contribution in [0.5, 0.6) is 0 Å². The van der Waals surface area contributed by atoms with Crippen LogP contribution < -0.4 is 5.73 Å². The zero-order chi connectivity index (χ0) is 19.6. The van der Waals surface area contributed by atoms with E-state index < -0.39 is 5.91 Å². The number of aromatic nitrogens is 4. The predicted octanol–water partition coefficient (Wildman–Crippen LogP) is 2.44. The first kappa shape index (κ1) is 19.0. The number of hydrogen-bond acceptors (Lipinski definition) is 6. The lowest BCUT2D eigenvalue weighted by Crippen LogP contribution is -2.20. The summed E-state index contributed by atoms with van der Waals surface area (Å²) in [5.74, 6) is 0.540. The number of ketones is 1. The van der Waals surface area contributed by atoms with E-state index in [1.807, 2.05) is 26.8 Å². The van der Waals surface area contributed by atoms with Gasteiger partial charge >= 0.3 is 0 Å². The maximum Gasteiger partial charge on any atom is 0.237 e. The molecule has 1 amide bonds. The fourth-order valence-corrected chi connectivity index (χ4v) is 3.88. The van der Waals surface area contributed by atoms with Crippen molar-refractivity contribution in [3.05, 3.63) is 41.4 Å². The zero-order valence-corrected chi connectivity index (χ0v) is 16.2. The number of rotatable bonds is 8. The first-order valence-electron chi connectivity index (χ1n) is 8.50. The molecule has 3 aromatic heterocycles. The highest BCUT2D eigenvalue weighted by atomic mass is 32.2. The van der Waals surface area contributed by atoms with E-state index >= 15 is 0 Å². The number of nitrogens with zero attached hydrogens (tertiary/aromatic N) is 4. The van der Waals surface area contributed by atoms with Crippen LogP contribution in [0.4, 0.5) is 0 Å². The summed E-state index contributed by atoms with van der Waals surface area (Å²) in [4.78, 5) is 24.1. The lowest BCUT2D eigenvalue weighted by molar-refractivity contribution is -0.118. The fraction of sp³-hybridized carbons (Fsp3) is 0.333. The lowest BCUT2D eigenvalue weighted by atomic mass is 10.2. The molecule has 0 radical (unpaired) electrons. The van der Waals surface area contributed by atoms with Crippen LogP contribution in [0.2, 0.25) is 0 Å². The van der Waals surface area contributed by atoms with Crippen molar-refractivity contribution in [3.8, 4) is 11.6 Å².